The van der Waals surface area contributed by atoms with Gasteiger partial charge in [0, 0.05) is 0 Å². The molecule has 2 aromatic carbocycles. The molecule has 0 bridgehead atoms. The first-order valence-electron chi connectivity index (χ1n) is 8.94. The lowest BCUT2D eigenvalue weighted by atomic mass is 9.95. The van der Waals surface area contributed by atoms with Crippen molar-refractivity contribution in [3.8, 4) is 17.2 Å². The molecule has 2 aromatic rings. The van der Waals surface area contributed by atoms with E-state index in [1.807, 2.05) is 65.0 Å². The predicted molar refractivity (Wildman–Crippen MR) is 106 cm³/mol. The number of benzene rings is 2. The van der Waals surface area contributed by atoms with Crippen molar-refractivity contribution in [1.29, 1.82) is 0 Å². The summed E-state index contributed by atoms with van der Waals surface area (Å²) in [5, 5.41) is 9.89. The molecule has 136 valence electrons. The molecule has 0 saturated heterocycles. The van der Waals surface area contributed by atoms with E-state index in [0.29, 0.717) is 12.4 Å². The molecule has 0 spiro atoms. The first-order chi connectivity index (χ1) is 12.1. The molecule has 0 atom stereocenters. The number of aromatic hydroxyl groups is 1. The minimum Gasteiger partial charge on any atom is -0.508 e. The molecule has 0 heterocycles. The highest BCUT2D eigenvalue weighted by Gasteiger charge is 2.11. The van der Waals surface area contributed by atoms with Crippen LogP contribution in [0.25, 0.3) is 5.57 Å². The van der Waals surface area contributed by atoms with Crippen molar-refractivity contribution < 1.29 is 14.6 Å². The molecule has 1 N–H and O–H groups in total. The average Bonchev–Trinajstić information content (AvgIpc) is 2.66. The maximum Gasteiger partial charge on any atom is 0.161 e. The summed E-state index contributed by atoms with van der Waals surface area (Å²) in [4.78, 5) is 0. The van der Waals surface area contributed by atoms with E-state index in [1.54, 1.807) is 13.2 Å². The number of aryl methyl sites for hydroxylation is 1. The molecular weight excluding hydrogens is 312 g/mol. The van der Waals surface area contributed by atoms with Crippen molar-refractivity contribution in [2.45, 2.75) is 41.0 Å². The van der Waals surface area contributed by atoms with Gasteiger partial charge in [0.15, 0.2) is 11.5 Å². The molecule has 0 saturated carbocycles. The van der Waals surface area contributed by atoms with Gasteiger partial charge in [0.1, 0.15) is 5.75 Å². The van der Waals surface area contributed by atoms with Gasteiger partial charge in [-0.2, -0.15) is 0 Å². The third-order valence-electron chi connectivity index (χ3n) is 3.83. The van der Waals surface area contributed by atoms with E-state index in [-0.39, 0.29) is 0 Å². The molecule has 0 aliphatic carbocycles. The molecule has 0 aliphatic rings. The highest BCUT2D eigenvalue weighted by Crippen LogP contribution is 2.34. The zero-order valence-electron chi connectivity index (χ0n) is 16.2. The second kappa shape index (κ2) is 10.4. The van der Waals surface area contributed by atoms with E-state index in [0.717, 1.165) is 40.2 Å². The quantitative estimate of drug-likeness (QED) is 0.717. The van der Waals surface area contributed by atoms with Crippen LogP contribution in [0.4, 0.5) is 0 Å². The lowest BCUT2D eigenvalue weighted by molar-refractivity contribution is 0.311. The summed E-state index contributed by atoms with van der Waals surface area (Å²) in [7, 11) is 1.64. The Balaban J connectivity index is 0.00000151. The van der Waals surface area contributed by atoms with Gasteiger partial charge in [-0.15, -0.1) is 0 Å². The number of hydrogen-bond donors (Lipinski definition) is 1. The Morgan fingerprint density at radius 3 is 2.20 bits per heavy atom. The van der Waals surface area contributed by atoms with Crippen molar-refractivity contribution in [2.24, 2.45) is 0 Å². The lowest BCUT2D eigenvalue weighted by Gasteiger charge is -2.14. The Morgan fingerprint density at radius 2 is 1.64 bits per heavy atom. The van der Waals surface area contributed by atoms with Gasteiger partial charge in [-0.25, -0.2) is 0 Å². The molecule has 25 heavy (non-hydrogen) atoms. The van der Waals surface area contributed by atoms with Crippen LogP contribution in [0.5, 0.6) is 17.2 Å². The van der Waals surface area contributed by atoms with Crippen molar-refractivity contribution in [2.75, 3.05) is 13.7 Å². The minimum absolute atomic E-state index is 0.344. The van der Waals surface area contributed by atoms with Gasteiger partial charge in [-0.05, 0) is 66.8 Å². The lowest BCUT2D eigenvalue weighted by Crippen LogP contribution is -1.97. The molecular formula is C22H30O3. The van der Waals surface area contributed by atoms with Crippen molar-refractivity contribution >= 4 is 5.57 Å². The summed E-state index contributed by atoms with van der Waals surface area (Å²) < 4.78 is 11.0. The van der Waals surface area contributed by atoms with Crippen LogP contribution < -0.4 is 9.47 Å². The molecule has 2 rings (SSSR count). The zero-order valence-corrected chi connectivity index (χ0v) is 16.2. The highest BCUT2D eigenvalue weighted by atomic mass is 16.5. The Labute approximate surface area is 151 Å². The number of phenolic OH excluding ortho intramolecular Hbond substituents is 1. The highest BCUT2D eigenvalue weighted by molar-refractivity contribution is 5.81. The summed E-state index contributed by atoms with van der Waals surface area (Å²) in [6.45, 7) is 10.6. The number of methoxy groups -OCH3 is 1. The van der Waals surface area contributed by atoms with Crippen molar-refractivity contribution in [1.82, 2.24) is 0 Å². The smallest absolute Gasteiger partial charge is 0.161 e. The van der Waals surface area contributed by atoms with E-state index in [2.05, 4.69) is 6.08 Å². The standard InChI is InChI=1S/C20H24O3.C2H6/c1-5-14-12-15(8-10-18(14)21)17(6-2)16-9-11-19(22-4)20(13-16)23-7-3;1-2/h6,8-13,21H,5,7H2,1-4H3;1-2H3/b17-6+;. The van der Waals surface area contributed by atoms with Crippen LogP contribution in [0.1, 0.15) is 51.3 Å². The van der Waals surface area contributed by atoms with Crippen molar-refractivity contribution in [3.05, 3.63) is 59.2 Å². The van der Waals surface area contributed by atoms with E-state index < -0.39 is 0 Å². The summed E-state index contributed by atoms with van der Waals surface area (Å²) in [5.74, 6) is 1.81. The summed E-state index contributed by atoms with van der Waals surface area (Å²) in [5.41, 5.74) is 4.18. The maximum atomic E-state index is 9.89. The first-order valence-corrected chi connectivity index (χ1v) is 8.94. The van der Waals surface area contributed by atoms with Crippen LogP contribution in [-0.2, 0) is 6.42 Å². The molecule has 3 nitrogen and oxygen atoms in total. The van der Waals surface area contributed by atoms with Crippen molar-refractivity contribution in [3.63, 3.8) is 0 Å². The SMILES string of the molecule is C/C=C(\c1ccc(O)c(CC)c1)c1ccc(OC)c(OCC)c1.CC. The van der Waals surface area contributed by atoms with Gasteiger partial charge in [-0.1, -0.05) is 39.0 Å². The first kappa shape index (κ1) is 20.6. The predicted octanol–water partition coefficient (Wildman–Crippen LogP) is 5.84. The number of allylic oxidation sites excluding steroid dienone is 1. The monoisotopic (exact) mass is 342 g/mol. The molecule has 0 aromatic heterocycles. The minimum atomic E-state index is 0.344. The van der Waals surface area contributed by atoms with E-state index in [1.165, 1.54) is 0 Å². The fourth-order valence-electron chi connectivity index (χ4n) is 2.65. The van der Waals surface area contributed by atoms with Crippen LogP contribution >= 0.6 is 0 Å². The Morgan fingerprint density at radius 1 is 1.00 bits per heavy atom. The van der Waals surface area contributed by atoms with Gasteiger partial charge in [-0.3, -0.25) is 0 Å². The normalized spacial score (nSPS) is 10.7. The van der Waals surface area contributed by atoms with Crippen LogP contribution in [0.2, 0.25) is 0 Å². The molecule has 0 fully saturated rings. The van der Waals surface area contributed by atoms with E-state index >= 15 is 0 Å². The zero-order chi connectivity index (χ0) is 18.8. The Kier molecular flexibility index (Phi) is 8.62. The van der Waals surface area contributed by atoms with Gasteiger partial charge in [0.25, 0.3) is 0 Å². The topological polar surface area (TPSA) is 38.7 Å². The Hall–Kier alpha value is -2.42. The second-order valence-corrected chi connectivity index (χ2v) is 5.20. The molecule has 0 radical (unpaired) electrons. The summed E-state index contributed by atoms with van der Waals surface area (Å²) in [6, 6.07) is 11.7. The van der Waals surface area contributed by atoms with Crippen LogP contribution in [0, 0.1) is 0 Å². The van der Waals surface area contributed by atoms with Crippen LogP contribution in [0.3, 0.4) is 0 Å². The number of hydrogen-bond acceptors (Lipinski definition) is 3. The van der Waals surface area contributed by atoms with Crippen LogP contribution in [0.15, 0.2) is 42.5 Å². The molecule has 0 unspecified atom stereocenters. The maximum absolute atomic E-state index is 9.89. The third kappa shape index (κ3) is 5.02. The second-order valence-electron chi connectivity index (χ2n) is 5.20. The van der Waals surface area contributed by atoms with Gasteiger partial charge >= 0.3 is 0 Å². The largest absolute Gasteiger partial charge is 0.508 e. The number of rotatable bonds is 6. The number of ether oxygens (including phenoxy) is 2. The summed E-state index contributed by atoms with van der Waals surface area (Å²) >= 11 is 0. The molecule has 0 aliphatic heterocycles. The van der Waals surface area contributed by atoms with Gasteiger partial charge < -0.3 is 14.6 Å². The Bertz CT molecular complexity index is 702. The van der Waals surface area contributed by atoms with Gasteiger partial charge in [0.05, 0.1) is 13.7 Å². The molecule has 0 amide bonds. The van der Waals surface area contributed by atoms with E-state index in [4.69, 9.17) is 9.47 Å². The van der Waals surface area contributed by atoms with Gasteiger partial charge in [0.2, 0.25) is 0 Å². The fraction of sp³-hybridized carbons (Fsp3) is 0.364. The average molecular weight is 342 g/mol. The van der Waals surface area contributed by atoms with E-state index in [9.17, 15) is 5.11 Å². The molecule has 3 heteroatoms. The van der Waals surface area contributed by atoms with Crippen LogP contribution in [-0.4, -0.2) is 18.8 Å². The fourth-order valence-corrected chi connectivity index (χ4v) is 2.65. The summed E-state index contributed by atoms with van der Waals surface area (Å²) in [6.07, 6.45) is 2.87. The number of phenols is 1. The third-order valence-corrected chi connectivity index (χ3v) is 3.83.